The van der Waals surface area contributed by atoms with Crippen molar-refractivity contribution in [2.24, 2.45) is 0 Å². The summed E-state index contributed by atoms with van der Waals surface area (Å²) in [7, 11) is 0. The van der Waals surface area contributed by atoms with Crippen LogP contribution in [0.5, 0.6) is 0 Å². The number of hydrogen-bond donors (Lipinski definition) is 0. The molecule has 160 valence electrons. The molecule has 0 radical (unpaired) electrons. The first kappa shape index (κ1) is 26.7. The van der Waals surface area contributed by atoms with E-state index in [9.17, 15) is 0 Å². The molecule has 0 saturated heterocycles. The Bertz CT molecular complexity index is 278. The van der Waals surface area contributed by atoms with Crippen molar-refractivity contribution < 1.29 is 0 Å². The molecular weight excluding hydrogens is 355 g/mol. The number of halogens is 1. The number of unbranched alkanes of at least 4 members (excludes halogenated alkanes) is 12. The van der Waals surface area contributed by atoms with Gasteiger partial charge in [-0.15, -0.1) is 0 Å². The van der Waals surface area contributed by atoms with E-state index < -0.39 is 5.96 Å². The van der Waals surface area contributed by atoms with Gasteiger partial charge in [0.1, 0.15) is 0 Å². The van der Waals surface area contributed by atoms with E-state index in [0.717, 1.165) is 0 Å². The molecule has 0 bridgehead atoms. The molecule has 0 rings (SSSR count). The van der Waals surface area contributed by atoms with Crippen LogP contribution in [0.4, 0.5) is 0 Å². The van der Waals surface area contributed by atoms with Gasteiger partial charge in [0.2, 0.25) is 0 Å². The van der Waals surface area contributed by atoms with Gasteiger partial charge in [0, 0.05) is 0 Å². The Morgan fingerprint density at radius 3 is 1.00 bits per heavy atom. The fraction of sp³-hybridized carbons (Fsp3) is 1.00. The predicted octanol–water partition coefficient (Wildman–Crippen LogP) is 10.0. The zero-order valence-electron chi connectivity index (χ0n) is 19.0. The van der Waals surface area contributed by atoms with E-state index in [0.29, 0.717) is 0 Å². The molecule has 0 aliphatic carbocycles. The van der Waals surface area contributed by atoms with Gasteiger partial charge in [-0.1, -0.05) is 0 Å². The van der Waals surface area contributed by atoms with Crippen LogP contribution in [0.15, 0.2) is 0 Å². The van der Waals surface area contributed by atoms with Crippen LogP contribution in [0.1, 0.15) is 130 Å². The quantitative estimate of drug-likeness (QED) is 0.139. The molecule has 0 spiro atoms. The first-order valence-electron chi connectivity index (χ1n) is 12.3. The SMILES string of the molecule is CCCCCCCCCCCCP(Cl)(CCCC)(CCCC)CCCC. The average molecular weight is 407 g/mol. The molecule has 0 N–H and O–H groups in total. The molecule has 0 aromatic carbocycles. The first-order valence-corrected chi connectivity index (χ1v) is 16.1. The van der Waals surface area contributed by atoms with E-state index in [2.05, 4.69) is 27.7 Å². The summed E-state index contributed by atoms with van der Waals surface area (Å²) < 4.78 is 0. The molecule has 0 aliphatic heterocycles. The van der Waals surface area contributed by atoms with E-state index in [1.807, 2.05) is 0 Å². The first-order chi connectivity index (χ1) is 12.5. The van der Waals surface area contributed by atoms with Crippen molar-refractivity contribution in [2.45, 2.75) is 130 Å². The van der Waals surface area contributed by atoms with Crippen molar-refractivity contribution in [3.8, 4) is 0 Å². The summed E-state index contributed by atoms with van der Waals surface area (Å²) in [6, 6.07) is 0. The minimum atomic E-state index is -1.96. The second-order valence-corrected chi connectivity index (χ2v) is 17.3. The van der Waals surface area contributed by atoms with Gasteiger partial charge in [0.15, 0.2) is 0 Å². The topological polar surface area (TPSA) is 0 Å². The number of rotatable bonds is 20. The molecular formula is C24H52ClP. The van der Waals surface area contributed by atoms with E-state index in [1.54, 1.807) is 0 Å². The van der Waals surface area contributed by atoms with E-state index >= 15 is 0 Å². The third-order valence-electron chi connectivity index (χ3n) is 6.28. The summed E-state index contributed by atoms with van der Waals surface area (Å²) in [5.74, 6) is -1.96. The van der Waals surface area contributed by atoms with Crippen LogP contribution in [-0.2, 0) is 0 Å². The van der Waals surface area contributed by atoms with Gasteiger partial charge in [-0.05, 0) is 0 Å². The van der Waals surface area contributed by atoms with E-state index in [1.165, 1.54) is 127 Å². The Kier molecular flexibility index (Phi) is 17.1. The Balaban J connectivity index is 4.27. The third kappa shape index (κ3) is 13.0. The monoisotopic (exact) mass is 406 g/mol. The molecule has 0 aliphatic rings. The molecule has 0 nitrogen and oxygen atoms in total. The zero-order chi connectivity index (χ0) is 19.6. The van der Waals surface area contributed by atoms with Gasteiger partial charge in [-0.2, -0.15) is 0 Å². The summed E-state index contributed by atoms with van der Waals surface area (Å²) in [4.78, 5) is 0. The van der Waals surface area contributed by atoms with Crippen LogP contribution in [0.25, 0.3) is 0 Å². The molecule has 0 fully saturated rings. The molecule has 26 heavy (non-hydrogen) atoms. The molecule has 0 aromatic heterocycles. The molecule has 0 aromatic rings. The fourth-order valence-electron chi connectivity index (χ4n) is 4.33. The Labute approximate surface area is 172 Å². The Morgan fingerprint density at radius 1 is 0.385 bits per heavy atom. The van der Waals surface area contributed by atoms with Gasteiger partial charge in [0.25, 0.3) is 0 Å². The maximum atomic E-state index is 7.68. The Hall–Kier alpha value is 0.720. The zero-order valence-corrected chi connectivity index (χ0v) is 20.6. The van der Waals surface area contributed by atoms with Crippen LogP contribution < -0.4 is 0 Å². The van der Waals surface area contributed by atoms with Crippen molar-refractivity contribution in [1.82, 2.24) is 0 Å². The van der Waals surface area contributed by atoms with Gasteiger partial charge in [-0.3, -0.25) is 0 Å². The predicted molar refractivity (Wildman–Crippen MR) is 129 cm³/mol. The van der Waals surface area contributed by atoms with Gasteiger partial charge in [0.05, 0.1) is 0 Å². The maximum absolute atomic E-state index is 7.68. The van der Waals surface area contributed by atoms with E-state index in [-0.39, 0.29) is 0 Å². The summed E-state index contributed by atoms with van der Waals surface area (Å²) in [6.45, 7) is 9.29. The van der Waals surface area contributed by atoms with Crippen molar-refractivity contribution in [3.05, 3.63) is 0 Å². The molecule has 0 unspecified atom stereocenters. The van der Waals surface area contributed by atoms with Crippen LogP contribution in [0.2, 0.25) is 0 Å². The Morgan fingerprint density at radius 2 is 0.654 bits per heavy atom. The molecule has 0 heterocycles. The molecule has 0 amide bonds. The third-order valence-corrected chi connectivity index (χ3v) is 14.0. The van der Waals surface area contributed by atoms with Crippen molar-refractivity contribution >= 4 is 17.2 Å². The van der Waals surface area contributed by atoms with Gasteiger partial charge in [-0.25, -0.2) is 0 Å². The van der Waals surface area contributed by atoms with Crippen molar-refractivity contribution in [1.29, 1.82) is 0 Å². The summed E-state index contributed by atoms with van der Waals surface area (Å²) in [5.41, 5.74) is 0. The van der Waals surface area contributed by atoms with Crippen LogP contribution in [0.3, 0.4) is 0 Å². The normalized spacial score (nSPS) is 13.7. The van der Waals surface area contributed by atoms with Crippen molar-refractivity contribution in [2.75, 3.05) is 24.6 Å². The van der Waals surface area contributed by atoms with E-state index in [4.69, 9.17) is 11.2 Å². The summed E-state index contributed by atoms with van der Waals surface area (Å²) >= 11 is 7.68. The number of hydrogen-bond acceptors (Lipinski definition) is 0. The van der Waals surface area contributed by atoms with Gasteiger partial charge >= 0.3 is 172 Å². The summed E-state index contributed by atoms with van der Waals surface area (Å²) in [6.07, 6.45) is 27.7. The average Bonchev–Trinajstić information content (AvgIpc) is 2.65. The minimum absolute atomic E-state index is 1.31. The van der Waals surface area contributed by atoms with Crippen LogP contribution in [0, 0.1) is 0 Å². The summed E-state index contributed by atoms with van der Waals surface area (Å²) in [5, 5.41) is 0. The second-order valence-electron chi connectivity index (χ2n) is 8.96. The second kappa shape index (κ2) is 16.7. The molecule has 2 heteroatoms. The molecule has 0 atom stereocenters. The van der Waals surface area contributed by atoms with Crippen molar-refractivity contribution in [3.63, 3.8) is 0 Å². The molecule has 0 saturated carbocycles. The standard InChI is InChI=1S/C24H52ClP/c1-5-9-13-14-15-16-17-18-19-20-24-26(25,21-10-6-2,22-11-7-3)23-12-8-4/h5-24H2,1-4H3. The van der Waals surface area contributed by atoms with Crippen LogP contribution in [-0.4, -0.2) is 24.6 Å². The fourth-order valence-corrected chi connectivity index (χ4v) is 11.4. The van der Waals surface area contributed by atoms with Gasteiger partial charge < -0.3 is 0 Å². The van der Waals surface area contributed by atoms with Crippen LogP contribution >= 0.6 is 17.2 Å².